The zero-order valence-corrected chi connectivity index (χ0v) is 16.7. The van der Waals surface area contributed by atoms with Crippen molar-refractivity contribution in [3.05, 3.63) is 65.6 Å². The number of benzene rings is 1. The van der Waals surface area contributed by atoms with Crippen LogP contribution in [-0.2, 0) is 11.2 Å². The molecular formula is C20H17N5O4S. The number of hydrogen-bond donors (Lipinski definition) is 3. The van der Waals surface area contributed by atoms with E-state index in [0.29, 0.717) is 22.4 Å². The Morgan fingerprint density at radius 3 is 2.87 bits per heavy atom. The molecule has 3 aromatic heterocycles. The van der Waals surface area contributed by atoms with Crippen LogP contribution < -0.4 is 15.4 Å². The monoisotopic (exact) mass is 423 g/mol. The van der Waals surface area contributed by atoms with Crippen LogP contribution in [-0.4, -0.2) is 34.1 Å². The van der Waals surface area contributed by atoms with E-state index in [4.69, 9.17) is 9.15 Å². The van der Waals surface area contributed by atoms with Gasteiger partial charge in [-0.25, -0.2) is 4.98 Å². The Morgan fingerprint density at radius 2 is 2.07 bits per heavy atom. The Bertz CT molecular complexity index is 1170. The molecule has 0 aliphatic rings. The van der Waals surface area contributed by atoms with E-state index in [-0.39, 0.29) is 18.1 Å². The molecule has 4 rings (SSSR count). The van der Waals surface area contributed by atoms with Gasteiger partial charge in [-0.3, -0.25) is 20.0 Å². The van der Waals surface area contributed by atoms with Gasteiger partial charge in [0.15, 0.2) is 16.7 Å². The van der Waals surface area contributed by atoms with Gasteiger partial charge in [0, 0.05) is 17.0 Å². The van der Waals surface area contributed by atoms with Crippen molar-refractivity contribution >= 4 is 34.1 Å². The molecule has 0 saturated carbocycles. The van der Waals surface area contributed by atoms with Gasteiger partial charge in [-0.15, -0.1) is 11.3 Å². The van der Waals surface area contributed by atoms with Crippen LogP contribution in [0, 0.1) is 0 Å². The first-order valence-electron chi connectivity index (χ1n) is 8.90. The average molecular weight is 423 g/mol. The molecule has 30 heavy (non-hydrogen) atoms. The number of rotatable bonds is 7. The minimum atomic E-state index is -0.397. The highest BCUT2D eigenvalue weighted by molar-refractivity contribution is 7.14. The summed E-state index contributed by atoms with van der Waals surface area (Å²) in [6.07, 6.45) is 1.46. The quantitative estimate of drug-likeness (QED) is 0.418. The maximum Gasteiger partial charge on any atom is 0.293 e. The third-order valence-electron chi connectivity index (χ3n) is 4.10. The van der Waals surface area contributed by atoms with Crippen molar-refractivity contribution in [2.45, 2.75) is 6.42 Å². The number of H-pyrrole nitrogens is 1. The molecule has 0 fully saturated rings. The Balaban J connectivity index is 1.36. The Hall–Kier alpha value is -3.92. The lowest BCUT2D eigenvalue weighted by Gasteiger charge is -2.05. The molecule has 2 amide bonds. The second-order valence-corrected chi connectivity index (χ2v) is 7.03. The fraction of sp³-hybridized carbons (Fsp3) is 0.100. The summed E-state index contributed by atoms with van der Waals surface area (Å²) in [5.41, 5.74) is 2.09. The van der Waals surface area contributed by atoms with Crippen LogP contribution in [0.5, 0.6) is 5.75 Å². The van der Waals surface area contributed by atoms with Crippen molar-refractivity contribution < 1.29 is 18.7 Å². The van der Waals surface area contributed by atoms with Crippen LogP contribution in [0.15, 0.2) is 58.5 Å². The van der Waals surface area contributed by atoms with Gasteiger partial charge in [-0.2, -0.15) is 5.10 Å². The average Bonchev–Trinajstić information content (AvgIpc) is 3.50. The maximum atomic E-state index is 12.3. The second kappa shape index (κ2) is 8.62. The standard InChI is InChI=1S/C20H17N5O4S/c1-28-15-6-3-2-5-13(15)14-10-17(25-24-14)22-18(26)9-12-11-30-20(21-12)23-19(27)16-7-4-8-29-16/h2-8,10-11H,9H2,1H3,(H,21,23,27)(H2,22,24,25,26). The van der Waals surface area contributed by atoms with Gasteiger partial charge in [0.1, 0.15) is 5.75 Å². The van der Waals surface area contributed by atoms with Crippen molar-refractivity contribution in [1.29, 1.82) is 0 Å². The number of carbonyl (C=O) groups is 2. The van der Waals surface area contributed by atoms with E-state index in [2.05, 4.69) is 25.8 Å². The molecule has 0 aliphatic heterocycles. The van der Waals surface area contributed by atoms with E-state index in [1.165, 1.54) is 17.6 Å². The summed E-state index contributed by atoms with van der Waals surface area (Å²) in [6.45, 7) is 0. The van der Waals surface area contributed by atoms with Crippen LogP contribution in [0.25, 0.3) is 11.3 Å². The highest BCUT2D eigenvalue weighted by atomic mass is 32.1. The predicted octanol–water partition coefficient (Wildman–Crippen LogP) is 3.57. The number of anilines is 2. The Labute approximate surface area is 175 Å². The third kappa shape index (κ3) is 4.39. The fourth-order valence-electron chi connectivity index (χ4n) is 2.75. The highest BCUT2D eigenvalue weighted by Gasteiger charge is 2.14. The first-order chi connectivity index (χ1) is 14.6. The fourth-order valence-corrected chi connectivity index (χ4v) is 3.46. The highest BCUT2D eigenvalue weighted by Crippen LogP contribution is 2.29. The number of nitrogens with zero attached hydrogens (tertiary/aromatic N) is 2. The molecule has 0 saturated heterocycles. The van der Waals surface area contributed by atoms with Crippen LogP contribution in [0.2, 0.25) is 0 Å². The lowest BCUT2D eigenvalue weighted by atomic mass is 10.1. The molecule has 9 nitrogen and oxygen atoms in total. The summed E-state index contributed by atoms with van der Waals surface area (Å²) in [5, 5.41) is 14.5. The normalized spacial score (nSPS) is 10.6. The minimum Gasteiger partial charge on any atom is -0.496 e. The van der Waals surface area contributed by atoms with Gasteiger partial charge in [0.2, 0.25) is 5.91 Å². The molecule has 0 unspecified atom stereocenters. The third-order valence-corrected chi connectivity index (χ3v) is 4.91. The summed E-state index contributed by atoms with van der Waals surface area (Å²) in [4.78, 5) is 28.6. The van der Waals surface area contributed by atoms with Gasteiger partial charge >= 0.3 is 0 Å². The van der Waals surface area contributed by atoms with Gasteiger partial charge < -0.3 is 14.5 Å². The van der Waals surface area contributed by atoms with Gasteiger partial charge in [-0.1, -0.05) is 12.1 Å². The van der Waals surface area contributed by atoms with E-state index >= 15 is 0 Å². The molecule has 10 heteroatoms. The number of aromatic nitrogens is 3. The lowest BCUT2D eigenvalue weighted by molar-refractivity contribution is -0.115. The summed E-state index contributed by atoms with van der Waals surface area (Å²) >= 11 is 1.23. The number of amides is 2. The molecule has 0 radical (unpaired) electrons. The lowest BCUT2D eigenvalue weighted by Crippen LogP contribution is -2.15. The molecule has 152 valence electrons. The molecule has 0 atom stereocenters. The SMILES string of the molecule is COc1ccccc1-c1cc(NC(=O)Cc2csc(NC(=O)c3ccco3)n2)n[nH]1. The molecule has 0 spiro atoms. The number of nitrogens with one attached hydrogen (secondary N) is 3. The van der Waals surface area contributed by atoms with Crippen molar-refractivity contribution in [2.75, 3.05) is 17.7 Å². The Morgan fingerprint density at radius 1 is 1.20 bits per heavy atom. The molecule has 4 aromatic rings. The predicted molar refractivity (Wildman–Crippen MR) is 112 cm³/mol. The number of para-hydroxylation sites is 1. The molecule has 3 N–H and O–H groups in total. The minimum absolute atomic E-state index is 0.0456. The van der Waals surface area contributed by atoms with E-state index in [1.807, 2.05) is 24.3 Å². The van der Waals surface area contributed by atoms with Crippen LogP contribution in [0.1, 0.15) is 16.2 Å². The summed E-state index contributed by atoms with van der Waals surface area (Å²) in [6, 6.07) is 12.4. The number of aromatic amines is 1. The molecule has 3 heterocycles. The smallest absolute Gasteiger partial charge is 0.293 e. The molecular weight excluding hydrogens is 406 g/mol. The molecule has 0 aliphatic carbocycles. The van der Waals surface area contributed by atoms with Crippen LogP contribution in [0.4, 0.5) is 10.9 Å². The van der Waals surface area contributed by atoms with E-state index in [1.54, 1.807) is 30.7 Å². The number of ether oxygens (including phenoxy) is 1. The van der Waals surface area contributed by atoms with Gasteiger partial charge in [-0.05, 0) is 24.3 Å². The first kappa shape index (κ1) is 19.4. The van der Waals surface area contributed by atoms with Crippen molar-refractivity contribution in [2.24, 2.45) is 0 Å². The van der Waals surface area contributed by atoms with Crippen molar-refractivity contribution in [3.8, 4) is 17.0 Å². The number of hydrogen-bond acceptors (Lipinski definition) is 7. The number of thiazole rings is 1. The first-order valence-corrected chi connectivity index (χ1v) is 9.78. The summed E-state index contributed by atoms with van der Waals surface area (Å²) in [7, 11) is 1.59. The topological polar surface area (TPSA) is 122 Å². The van der Waals surface area contributed by atoms with Gasteiger partial charge in [0.05, 0.1) is 31.2 Å². The van der Waals surface area contributed by atoms with E-state index in [9.17, 15) is 9.59 Å². The number of methoxy groups -OCH3 is 1. The van der Waals surface area contributed by atoms with E-state index in [0.717, 1.165) is 11.3 Å². The molecule has 0 bridgehead atoms. The second-order valence-electron chi connectivity index (χ2n) is 6.17. The van der Waals surface area contributed by atoms with Crippen molar-refractivity contribution in [3.63, 3.8) is 0 Å². The van der Waals surface area contributed by atoms with E-state index < -0.39 is 5.91 Å². The largest absolute Gasteiger partial charge is 0.496 e. The zero-order chi connectivity index (χ0) is 20.9. The summed E-state index contributed by atoms with van der Waals surface area (Å²) in [5.74, 6) is 0.606. The number of furan rings is 1. The van der Waals surface area contributed by atoms with Crippen molar-refractivity contribution in [1.82, 2.24) is 15.2 Å². The maximum absolute atomic E-state index is 12.3. The zero-order valence-electron chi connectivity index (χ0n) is 15.8. The molecule has 1 aromatic carbocycles. The van der Waals surface area contributed by atoms with Gasteiger partial charge in [0.25, 0.3) is 5.91 Å². The number of carbonyl (C=O) groups excluding carboxylic acids is 2. The Kier molecular flexibility index (Phi) is 5.57. The van der Waals surface area contributed by atoms with Crippen LogP contribution in [0.3, 0.4) is 0 Å². The van der Waals surface area contributed by atoms with Crippen LogP contribution >= 0.6 is 11.3 Å². The summed E-state index contributed by atoms with van der Waals surface area (Å²) < 4.78 is 10.4.